The molecule has 3 aromatic carbocycles. The number of anilines is 2. The number of nitriles is 1. The number of hydrogen-bond acceptors (Lipinski definition) is 9. The fourth-order valence-corrected chi connectivity index (χ4v) is 5.09. The van der Waals surface area contributed by atoms with Gasteiger partial charge in [0.05, 0.1) is 31.8 Å². The molecule has 13 heteroatoms. The minimum Gasteiger partial charge on any atom is -0.372 e. The molecule has 0 atom stereocenters. The lowest BCUT2D eigenvalue weighted by Crippen LogP contribution is -2.31. The zero-order valence-corrected chi connectivity index (χ0v) is 24.4. The fraction of sp³-hybridized carbons (Fsp3) is 0.241. The Morgan fingerprint density at radius 1 is 1.10 bits per heavy atom. The Morgan fingerprint density at radius 2 is 1.79 bits per heavy atom. The number of amides is 3. The third kappa shape index (κ3) is 6.50. The van der Waals surface area contributed by atoms with E-state index < -0.39 is 4.92 Å². The van der Waals surface area contributed by atoms with Crippen molar-refractivity contribution in [1.29, 1.82) is 5.26 Å². The molecule has 12 nitrogen and oxygen atoms in total. The van der Waals surface area contributed by atoms with E-state index in [9.17, 15) is 29.8 Å². The molecule has 1 heterocycles. The molecule has 42 heavy (non-hydrogen) atoms. The Labute approximate surface area is 249 Å². The lowest BCUT2D eigenvalue weighted by Gasteiger charge is -2.24. The maximum Gasteiger partial charge on any atom is 0.272 e. The van der Waals surface area contributed by atoms with E-state index in [1.165, 1.54) is 17.9 Å². The molecule has 1 aliphatic rings. The number of non-ortho nitro benzene ring substituents is 1. The van der Waals surface area contributed by atoms with Crippen LogP contribution in [-0.4, -0.2) is 47.2 Å². The molecule has 4 rings (SSSR count). The van der Waals surface area contributed by atoms with Crippen LogP contribution in [-0.2, 0) is 4.79 Å². The van der Waals surface area contributed by atoms with Gasteiger partial charge in [0.25, 0.3) is 17.5 Å². The number of nitro groups is 1. The third-order valence-corrected chi connectivity index (χ3v) is 7.22. The molecule has 0 fully saturated rings. The van der Waals surface area contributed by atoms with Crippen LogP contribution in [0.2, 0.25) is 0 Å². The first-order chi connectivity index (χ1) is 20.1. The zero-order valence-electron chi connectivity index (χ0n) is 22.8. The number of halogens is 1. The van der Waals surface area contributed by atoms with Gasteiger partial charge in [0.15, 0.2) is 0 Å². The van der Waals surface area contributed by atoms with Gasteiger partial charge in [-0.1, -0.05) is 12.1 Å². The van der Waals surface area contributed by atoms with Crippen LogP contribution >= 0.6 is 15.9 Å². The molecule has 0 saturated heterocycles. The summed E-state index contributed by atoms with van der Waals surface area (Å²) in [5.41, 5.74) is 2.23. The molecule has 0 aromatic heterocycles. The van der Waals surface area contributed by atoms with Gasteiger partial charge < -0.3 is 10.2 Å². The highest BCUT2D eigenvalue weighted by atomic mass is 79.9. The summed E-state index contributed by atoms with van der Waals surface area (Å²) in [6.07, 6.45) is 1.33. The van der Waals surface area contributed by atoms with Crippen LogP contribution in [0.15, 0.2) is 69.3 Å². The number of hydrogen-bond donors (Lipinski definition) is 1. The van der Waals surface area contributed by atoms with E-state index in [1.807, 2.05) is 19.1 Å². The summed E-state index contributed by atoms with van der Waals surface area (Å²) in [6, 6.07) is 16.3. The zero-order chi connectivity index (χ0) is 30.4. The van der Waals surface area contributed by atoms with Crippen LogP contribution in [0, 0.1) is 21.4 Å². The molecule has 3 aromatic rings. The predicted molar refractivity (Wildman–Crippen MR) is 159 cm³/mol. The Balaban J connectivity index is 1.47. The number of fused-ring (bicyclic) bond motifs is 1. The number of nitro benzene ring substituents is 1. The van der Waals surface area contributed by atoms with E-state index in [0.717, 1.165) is 11.8 Å². The molecule has 3 amide bonds. The second-order valence-electron chi connectivity index (χ2n) is 9.37. The normalized spacial score (nSPS) is 12.4. The summed E-state index contributed by atoms with van der Waals surface area (Å²) in [4.78, 5) is 51.1. The van der Waals surface area contributed by atoms with Crippen LogP contribution in [0.5, 0.6) is 0 Å². The van der Waals surface area contributed by atoms with E-state index in [4.69, 9.17) is 0 Å². The Kier molecular flexibility index (Phi) is 9.39. The number of unbranched alkanes of at least 4 members (excludes halogenated alkanes) is 1. The minimum absolute atomic E-state index is 0.0316. The number of nitrogens with zero attached hydrogens (tertiary/aromatic N) is 6. The SMILES string of the molecule is CCN(CCCCN1C(=O)c2ccccc2C1=O)c1ccc(/N=N/c2c(Br)cc([N+](=O)[O-])cc2C#N)c(NC(C)=O)c1. The van der Waals surface area contributed by atoms with Gasteiger partial charge in [0.2, 0.25) is 5.91 Å². The minimum atomic E-state index is -0.607. The fourth-order valence-electron chi connectivity index (χ4n) is 4.56. The summed E-state index contributed by atoms with van der Waals surface area (Å²) < 4.78 is 0.230. The second-order valence-corrected chi connectivity index (χ2v) is 10.2. The average molecular weight is 632 g/mol. The number of carbonyl (C=O) groups is 3. The van der Waals surface area contributed by atoms with Crippen LogP contribution in [0.4, 0.5) is 28.4 Å². The van der Waals surface area contributed by atoms with Crippen molar-refractivity contribution < 1.29 is 19.3 Å². The second kappa shape index (κ2) is 13.1. The van der Waals surface area contributed by atoms with Gasteiger partial charge in [-0.15, -0.1) is 10.2 Å². The van der Waals surface area contributed by atoms with E-state index in [0.29, 0.717) is 55.0 Å². The number of benzene rings is 3. The van der Waals surface area contributed by atoms with E-state index in [1.54, 1.807) is 36.4 Å². The molecular formula is C29H26BrN7O5. The molecular weight excluding hydrogens is 606 g/mol. The molecule has 0 spiro atoms. The topological polar surface area (TPSA) is 161 Å². The lowest BCUT2D eigenvalue weighted by molar-refractivity contribution is -0.384. The smallest absolute Gasteiger partial charge is 0.272 e. The van der Waals surface area contributed by atoms with E-state index in [2.05, 4.69) is 36.4 Å². The van der Waals surface area contributed by atoms with E-state index >= 15 is 0 Å². The number of nitrogens with one attached hydrogen (secondary N) is 1. The highest BCUT2D eigenvalue weighted by Gasteiger charge is 2.34. The molecule has 0 bridgehead atoms. The summed E-state index contributed by atoms with van der Waals surface area (Å²) in [5, 5.41) is 31.7. The van der Waals surface area contributed by atoms with Crippen LogP contribution < -0.4 is 10.2 Å². The van der Waals surface area contributed by atoms with E-state index in [-0.39, 0.29) is 39.1 Å². The molecule has 0 unspecified atom stereocenters. The van der Waals surface area contributed by atoms with Gasteiger partial charge in [-0.2, -0.15) is 5.26 Å². The average Bonchev–Trinajstić information content (AvgIpc) is 3.21. The van der Waals surface area contributed by atoms with Crippen molar-refractivity contribution in [3.05, 3.63) is 85.9 Å². The largest absolute Gasteiger partial charge is 0.372 e. The standard InChI is InChI=1S/C29H26BrN7O5/c1-3-35(12-6-7-13-36-28(39)22-8-4-5-9-23(22)29(36)40)20-10-11-25(26(16-20)32-18(2)38)33-34-27-19(17-31)14-21(37(41)42)15-24(27)30/h4-5,8-11,14-16H,3,6-7,12-13H2,1-2H3,(H,32,38)/b34-33+. The van der Waals surface area contributed by atoms with Crippen LogP contribution in [0.25, 0.3) is 0 Å². The van der Waals surface area contributed by atoms with Crippen molar-refractivity contribution in [3.63, 3.8) is 0 Å². The molecule has 0 radical (unpaired) electrons. The Morgan fingerprint density at radius 3 is 2.38 bits per heavy atom. The molecule has 214 valence electrons. The Bertz CT molecular complexity index is 1610. The number of rotatable bonds is 11. The van der Waals surface area contributed by atoms with Crippen molar-refractivity contribution in [2.24, 2.45) is 10.2 Å². The molecule has 0 saturated carbocycles. The van der Waals surface area contributed by atoms with Crippen molar-refractivity contribution in [1.82, 2.24) is 4.90 Å². The van der Waals surface area contributed by atoms with Gasteiger partial charge in [-0.25, -0.2) is 0 Å². The third-order valence-electron chi connectivity index (χ3n) is 6.61. The van der Waals surface area contributed by atoms with Crippen molar-refractivity contribution in [2.75, 3.05) is 29.9 Å². The van der Waals surface area contributed by atoms with Crippen molar-refractivity contribution >= 4 is 62.1 Å². The molecule has 1 aliphatic heterocycles. The maximum absolute atomic E-state index is 12.6. The highest BCUT2D eigenvalue weighted by Crippen LogP contribution is 2.37. The Hall–Kier alpha value is -4.96. The highest BCUT2D eigenvalue weighted by molar-refractivity contribution is 9.10. The lowest BCUT2D eigenvalue weighted by atomic mass is 10.1. The van der Waals surface area contributed by atoms with Gasteiger partial charge >= 0.3 is 0 Å². The maximum atomic E-state index is 12.6. The molecule has 0 aliphatic carbocycles. The number of carbonyl (C=O) groups excluding carboxylic acids is 3. The summed E-state index contributed by atoms with van der Waals surface area (Å²) in [7, 11) is 0. The predicted octanol–water partition coefficient (Wildman–Crippen LogP) is 6.51. The first-order valence-corrected chi connectivity index (χ1v) is 13.9. The summed E-state index contributed by atoms with van der Waals surface area (Å²) >= 11 is 3.22. The quantitative estimate of drug-likeness (QED) is 0.0829. The van der Waals surface area contributed by atoms with Crippen molar-refractivity contribution in [2.45, 2.75) is 26.7 Å². The van der Waals surface area contributed by atoms with Gasteiger partial charge in [-0.3, -0.25) is 29.4 Å². The van der Waals surface area contributed by atoms with Crippen LogP contribution in [0.1, 0.15) is 53.0 Å². The number of imide groups is 1. The molecule has 1 N–H and O–H groups in total. The first kappa shape index (κ1) is 30.0. The van der Waals surface area contributed by atoms with Gasteiger partial charge in [0.1, 0.15) is 17.4 Å². The van der Waals surface area contributed by atoms with Crippen LogP contribution in [0.3, 0.4) is 0 Å². The van der Waals surface area contributed by atoms with Gasteiger partial charge in [-0.05, 0) is 66.0 Å². The summed E-state index contributed by atoms with van der Waals surface area (Å²) in [5.74, 6) is -0.854. The van der Waals surface area contributed by atoms with Crippen molar-refractivity contribution in [3.8, 4) is 6.07 Å². The number of azo groups is 1. The summed E-state index contributed by atoms with van der Waals surface area (Å²) in [6.45, 7) is 4.98. The monoisotopic (exact) mass is 631 g/mol. The first-order valence-electron chi connectivity index (χ1n) is 13.1. The van der Waals surface area contributed by atoms with Gasteiger partial charge in [0, 0.05) is 44.4 Å².